The lowest BCUT2D eigenvalue weighted by Gasteiger charge is -2.19. The van der Waals surface area contributed by atoms with Gasteiger partial charge in [0, 0.05) is 12.1 Å². The van der Waals surface area contributed by atoms with E-state index in [1.54, 1.807) is 6.07 Å². The lowest BCUT2D eigenvalue weighted by molar-refractivity contribution is 0.219. The number of hydrogen-bond donors (Lipinski definition) is 1. The number of hydrogen-bond acceptors (Lipinski definition) is 2. The summed E-state index contributed by atoms with van der Waals surface area (Å²) < 4.78 is 19.6. The number of para-hydroxylation sites is 1. The Bertz CT molecular complexity index is 417. The minimum Gasteiger partial charge on any atom is -0.483 e. The summed E-state index contributed by atoms with van der Waals surface area (Å²) in [5.74, 6) is -0.0105. The van der Waals surface area contributed by atoms with Gasteiger partial charge in [0.2, 0.25) is 0 Å². The Kier molecular flexibility index (Phi) is 4.76. The van der Waals surface area contributed by atoms with Crippen molar-refractivity contribution in [3.8, 4) is 5.75 Å². The summed E-state index contributed by atoms with van der Waals surface area (Å²) in [6.45, 7) is 0.295. The summed E-state index contributed by atoms with van der Waals surface area (Å²) in [6, 6.07) is 4.89. The standard InChI is InChI=1S/C15H20FNO/c16-14-10-6-7-12(11-17)15(14)18-13-8-4-2-1-3-5-9-13/h4,6-8,10,13H,1-3,5,9,11,17H2/b8-4+. The van der Waals surface area contributed by atoms with Crippen LogP contribution in [0.5, 0.6) is 5.75 Å². The SMILES string of the molecule is NCc1cccc(F)c1OC1/C=C/CCCCC1. The second-order valence-electron chi connectivity index (χ2n) is 4.65. The second-order valence-corrected chi connectivity index (χ2v) is 4.65. The Hall–Kier alpha value is -1.35. The molecule has 0 aliphatic heterocycles. The molecule has 2 rings (SSSR count). The molecule has 1 unspecified atom stereocenters. The maximum Gasteiger partial charge on any atom is 0.165 e. The predicted molar refractivity (Wildman–Crippen MR) is 70.9 cm³/mol. The van der Waals surface area contributed by atoms with E-state index >= 15 is 0 Å². The predicted octanol–water partition coefficient (Wildman–Crippen LogP) is 3.55. The third-order valence-electron chi connectivity index (χ3n) is 3.25. The molecule has 1 aromatic carbocycles. The highest BCUT2D eigenvalue weighted by molar-refractivity contribution is 5.35. The van der Waals surface area contributed by atoms with E-state index in [2.05, 4.69) is 6.08 Å². The first-order valence-corrected chi connectivity index (χ1v) is 6.62. The molecule has 2 nitrogen and oxygen atoms in total. The molecule has 0 fully saturated rings. The van der Waals surface area contributed by atoms with Crippen LogP contribution in [-0.4, -0.2) is 6.10 Å². The van der Waals surface area contributed by atoms with E-state index in [9.17, 15) is 4.39 Å². The van der Waals surface area contributed by atoms with E-state index in [4.69, 9.17) is 10.5 Å². The topological polar surface area (TPSA) is 35.2 Å². The van der Waals surface area contributed by atoms with Crippen molar-refractivity contribution in [2.75, 3.05) is 0 Å². The number of benzene rings is 1. The van der Waals surface area contributed by atoms with Gasteiger partial charge in [-0.1, -0.05) is 24.6 Å². The molecule has 3 heteroatoms. The van der Waals surface area contributed by atoms with Gasteiger partial charge in [-0.05, 0) is 37.8 Å². The molecule has 1 aliphatic carbocycles. The van der Waals surface area contributed by atoms with Gasteiger partial charge in [0.1, 0.15) is 6.10 Å². The van der Waals surface area contributed by atoms with Crippen LogP contribution in [0, 0.1) is 5.82 Å². The zero-order valence-electron chi connectivity index (χ0n) is 10.6. The third-order valence-corrected chi connectivity index (χ3v) is 3.25. The summed E-state index contributed by atoms with van der Waals surface area (Å²) in [5.41, 5.74) is 6.34. The van der Waals surface area contributed by atoms with Crippen molar-refractivity contribution >= 4 is 0 Å². The van der Waals surface area contributed by atoms with Gasteiger partial charge in [-0.3, -0.25) is 0 Å². The fraction of sp³-hybridized carbons (Fsp3) is 0.467. The summed E-state index contributed by atoms with van der Waals surface area (Å²) in [5, 5.41) is 0. The van der Waals surface area contributed by atoms with Gasteiger partial charge in [0.25, 0.3) is 0 Å². The van der Waals surface area contributed by atoms with Crippen molar-refractivity contribution in [2.45, 2.75) is 44.8 Å². The largest absolute Gasteiger partial charge is 0.483 e. The van der Waals surface area contributed by atoms with Gasteiger partial charge >= 0.3 is 0 Å². The van der Waals surface area contributed by atoms with E-state index in [0.29, 0.717) is 12.3 Å². The molecule has 0 saturated carbocycles. The van der Waals surface area contributed by atoms with Gasteiger partial charge in [-0.2, -0.15) is 0 Å². The fourth-order valence-corrected chi connectivity index (χ4v) is 2.22. The molecule has 98 valence electrons. The quantitative estimate of drug-likeness (QED) is 0.831. The molecule has 0 heterocycles. The van der Waals surface area contributed by atoms with Crippen LogP contribution in [0.2, 0.25) is 0 Å². The molecule has 1 atom stereocenters. The smallest absolute Gasteiger partial charge is 0.165 e. The third kappa shape index (κ3) is 3.33. The Labute approximate surface area is 108 Å². The molecule has 0 saturated heterocycles. The minimum atomic E-state index is -0.326. The molecule has 0 spiro atoms. The molecule has 1 aromatic rings. The number of allylic oxidation sites excluding steroid dienone is 1. The molecule has 0 aromatic heterocycles. The Morgan fingerprint density at radius 1 is 1.28 bits per heavy atom. The first-order chi connectivity index (χ1) is 8.81. The molecule has 18 heavy (non-hydrogen) atoms. The van der Waals surface area contributed by atoms with Crippen LogP contribution in [0.4, 0.5) is 4.39 Å². The highest BCUT2D eigenvalue weighted by Gasteiger charge is 2.14. The van der Waals surface area contributed by atoms with Crippen molar-refractivity contribution in [3.63, 3.8) is 0 Å². The lowest BCUT2D eigenvalue weighted by Crippen LogP contribution is -2.17. The summed E-state index contributed by atoms with van der Waals surface area (Å²) >= 11 is 0. The van der Waals surface area contributed by atoms with Crippen molar-refractivity contribution < 1.29 is 9.13 Å². The molecule has 0 amide bonds. The van der Waals surface area contributed by atoms with E-state index in [1.165, 1.54) is 18.9 Å². The molecule has 0 bridgehead atoms. The zero-order valence-corrected chi connectivity index (χ0v) is 10.6. The van der Waals surface area contributed by atoms with Crippen molar-refractivity contribution in [1.82, 2.24) is 0 Å². The van der Waals surface area contributed by atoms with Gasteiger partial charge in [0.15, 0.2) is 11.6 Å². The van der Waals surface area contributed by atoms with Gasteiger partial charge < -0.3 is 10.5 Å². The second kappa shape index (κ2) is 6.55. The molecule has 1 aliphatic rings. The maximum atomic E-state index is 13.8. The van der Waals surface area contributed by atoms with Gasteiger partial charge in [-0.25, -0.2) is 4.39 Å². The highest BCUT2D eigenvalue weighted by Crippen LogP contribution is 2.25. The number of ether oxygens (including phenoxy) is 1. The Morgan fingerprint density at radius 2 is 2.17 bits per heavy atom. The van der Waals surface area contributed by atoms with Crippen LogP contribution < -0.4 is 10.5 Å². The van der Waals surface area contributed by atoms with Crippen LogP contribution in [0.15, 0.2) is 30.4 Å². The first-order valence-electron chi connectivity index (χ1n) is 6.62. The van der Waals surface area contributed by atoms with E-state index in [-0.39, 0.29) is 11.9 Å². The highest BCUT2D eigenvalue weighted by atomic mass is 19.1. The van der Waals surface area contributed by atoms with E-state index in [0.717, 1.165) is 24.8 Å². The maximum absolute atomic E-state index is 13.8. The summed E-state index contributed by atoms with van der Waals surface area (Å²) in [4.78, 5) is 0. The van der Waals surface area contributed by atoms with Crippen LogP contribution in [0.1, 0.15) is 37.7 Å². The van der Waals surface area contributed by atoms with E-state index < -0.39 is 0 Å². The molecular formula is C15H20FNO. The Balaban J connectivity index is 2.14. The minimum absolute atomic E-state index is 0.0347. The normalized spacial score (nSPS) is 22.0. The lowest BCUT2D eigenvalue weighted by atomic mass is 10.0. The average molecular weight is 249 g/mol. The van der Waals surface area contributed by atoms with Crippen LogP contribution in [0.25, 0.3) is 0 Å². The van der Waals surface area contributed by atoms with Crippen molar-refractivity contribution in [2.24, 2.45) is 5.73 Å². The number of nitrogens with two attached hydrogens (primary N) is 1. The zero-order chi connectivity index (χ0) is 12.8. The molecular weight excluding hydrogens is 229 g/mol. The number of rotatable bonds is 3. The van der Waals surface area contributed by atoms with Crippen LogP contribution in [0.3, 0.4) is 0 Å². The Morgan fingerprint density at radius 3 is 3.00 bits per heavy atom. The summed E-state index contributed by atoms with van der Waals surface area (Å²) in [6.07, 6.45) is 9.74. The van der Waals surface area contributed by atoms with Gasteiger partial charge in [-0.15, -0.1) is 0 Å². The molecule has 0 radical (unpaired) electrons. The van der Waals surface area contributed by atoms with Crippen molar-refractivity contribution in [3.05, 3.63) is 41.7 Å². The van der Waals surface area contributed by atoms with Crippen molar-refractivity contribution in [1.29, 1.82) is 0 Å². The van der Waals surface area contributed by atoms with E-state index in [1.807, 2.05) is 12.1 Å². The fourth-order valence-electron chi connectivity index (χ4n) is 2.22. The first kappa shape index (κ1) is 13.1. The van der Waals surface area contributed by atoms with Gasteiger partial charge in [0.05, 0.1) is 0 Å². The average Bonchev–Trinajstić information content (AvgIpc) is 2.34. The van der Waals surface area contributed by atoms with Crippen LogP contribution in [-0.2, 0) is 6.54 Å². The summed E-state index contributed by atoms with van der Waals surface area (Å²) in [7, 11) is 0. The number of halogens is 1. The van der Waals surface area contributed by atoms with Crippen LogP contribution >= 0.6 is 0 Å². The molecule has 2 N–H and O–H groups in total. The monoisotopic (exact) mass is 249 g/mol.